The highest BCUT2D eigenvalue weighted by Crippen LogP contribution is 2.20. The van der Waals surface area contributed by atoms with Gasteiger partial charge in [0, 0.05) is 19.6 Å². The van der Waals surface area contributed by atoms with Crippen LogP contribution in [0.5, 0.6) is 0 Å². The number of hydrogen-bond acceptors (Lipinski definition) is 5. The van der Waals surface area contributed by atoms with Crippen LogP contribution in [0.2, 0.25) is 0 Å². The molecule has 0 spiro atoms. The zero-order valence-corrected chi connectivity index (χ0v) is 12.4. The molecule has 0 saturated carbocycles. The molecule has 7 nitrogen and oxygen atoms in total. The van der Waals surface area contributed by atoms with E-state index in [4.69, 9.17) is 4.74 Å². The number of carbonyl (C=O) groups excluding carboxylic acids is 2. The van der Waals surface area contributed by atoms with Crippen molar-refractivity contribution >= 4 is 11.9 Å². The number of imide groups is 1. The monoisotopic (exact) mass is 287 g/mol. The number of nitrogens with zero attached hydrogens (tertiary/aromatic N) is 1. The van der Waals surface area contributed by atoms with Crippen LogP contribution in [0.3, 0.4) is 0 Å². The topological polar surface area (TPSA) is 90.9 Å². The van der Waals surface area contributed by atoms with Crippen LogP contribution >= 0.6 is 0 Å². The summed E-state index contributed by atoms with van der Waals surface area (Å²) in [7, 11) is 0. The van der Waals surface area contributed by atoms with Crippen LogP contribution < -0.4 is 10.6 Å². The Morgan fingerprint density at radius 2 is 2.15 bits per heavy atom. The average molecular weight is 287 g/mol. The molecule has 0 radical (unpaired) electrons. The largest absolute Gasteiger partial charge is 0.394 e. The number of morpholine rings is 1. The Hall–Kier alpha value is -1.18. The number of aliphatic hydroxyl groups is 1. The summed E-state index contributed by atoms with van der Waals surface area (Å²) >= 11 is 0. The van der Waals surface area contributed by atoms with Gasteiger partial charge in [0.05, 0.1) is 24.9 Å². The summed E-state index contributed by atoms with van der Waals surface area (Å²) in [4.78, 5) is 25.0. The first-order valence-corrected chi connectivity index (χ1v) is 6.95. The van der Waals surface area contributed by atoms with Gasteiger partial charge in [0.25, 0.3) is 0 Å². The second-order valence-electron chi connectivity index (χ2n) is 5.66. The van der Waals surface area contributed by atoms with E-state index in [1.807, 2.05) is 25.7 Å². The Bertz CT molecular complexity index is 347. The Morgan fingerprint density at radius 3 is 2.75 bits per heavy atom. The third-order valence-corrected chi connectivity index (χ3v) is 2.91. The lowest BCUT2D eigenvalue weighted by Gasteiger charge is -2.41. The lowest BCUT2D eigenvalue weighted by atomic mass is 10.1. The normalized spacial score (nSPS) is 22.3. The van der Waals surface area contributed by atoms with Crippen LogP contribution in [0.15, 0.2) is 0 Å². The number of amides is 3. The number of urea groups is 1. The molecule has 1 fully saturated rings. The molecule has 1 unspecified atom stereocenters. The highest BCUT2D eigenvalue weighted by Gasteiger charge is 2.33. The smallest absolute Gasteiger partial charge is 0.321 e. The fourth-order valence-electron chi connectivity index (χ4n) is 2.28. The minimum atomic E-state index is -0.469. The molecular formula is C13H25N3O4. The van der Waals surface area contributed by atoms with E-state index >= 15 is 0 Å². The van der Waals surface area contributed by atoms with Gasteiger partial charge >= 0.3 is 6.03 Å². The van der Waals surface area contributed by atoms with Gasteiger partial charge in [0.15, 0.2) is 0 Å². The summed E-state index contributed by atoms with van der Waals surface area (Å²) in [5.41, 5.74) is -0.420. The number of rotatable bonds is 5. The van der Waals surface area contributed by atoms with Crippen molar-refractivity contribution < 1.29 is 19.4 Å². The Morgan fingerprint density at radius 1 is 1.45 bits per heavy atom. The molecular weight excluding hydrogens is 262 g/mol. The molecule has 7 heteroatoms. The van der Waals surface area contributed by atoms with Gasteiger partial charge in [-0.2, -0.15) is 0 Å². The van der Waals surface area contributed by atoms with E-state index in [1.54, 1.807) is 0 Å². The van der Waals surface area contributed by atoms with Gasteiger partial charge in [0.2, 0.25) is 5.91 Å². The van der Waals surface area contributed by atoms with E-state index in [0.29, 0.717) is 19.6 Å². The molecule has 1 aliphatic rings. The number of aliphatic hydroxyl groups excluding tert-OH is 1. The first-order chi connectivity index (χ1) is 9.36. The second kappa shape index (κ2) is 7.56. The summed E-state index contributed by atoms with van der Waals surface area (Å²) in [6.45, 7) is 7.38. The van der Waals surface area contributed by atoms with Crippen molar-refractivity contribution in [2.45, 2.75) is 38.9 Å². The summed E-state index contributed by atoms with van der Waals surface area (Å²) < 4.78 is 5.67. The quantitative estimate of drug-likeness (QED) is 0.645. The SMILES string of the molecule is CCCNC(=O)NC(=O)CN1CC(CO)OC(C)(C)C1. The van der Waals surface area contributed by atoms with Crippen LogP contribution in [0.4, 0.5) is 4.79 Å². The predicted molar refractivity (Wildman–Crippen MR) is 74.3 cm³/mol. The van der Waals surface area contributed by atoms with E-state index in [1.165, 1.54) is 0 Å². The summed E-state index contributed by atoms with van der Waals surface area (Å²) in [6, 6.07) is -0.469. The van der Waals surface area contributed by atoms with E-state index in [-0.39, 0.29) is 25.2 Å². The highest BCUT2D eigenvalue weighted by atomic mass is 16.5. The van der Waals surface area contributed by atoms with Gasteiger partial charge < -0.3 is 15.2 Å². The van der Waals surface area contributed by atoms with E-state index in [9.17, 15) is 14.7 Å². The predicted octanol–water partition coefficient (Wildman–Crippen LogP) is -0.306. The van der Waals surface area contributed by atoms with Crippen molar-refractivity contribution in [3.05, 3.63) is 0 Å². The fraction of sp³-hybridized carbons (Fsp3) is 0.846. The Labute approximate surface area is 119 Å². The van der Waals surface area contributed by atoms with Crippen LogP contribution in [0, 0.1) is 0 Å². The maximum absolute atomic E-state index is 11.8. The molecule has 1 atom stereocenters. The summed E-state index contributed by atoms with van der Waals surface area (Å²) in [6.07, 6.45) is 0.512. The Kier molecular flexibility index (Phi) is 6.38. The zero-order valence-electron chi connectivity index (χ0n) is 12.4. The van der Waals surface area contributed by atoms with E-state index in [0.717, 1.165) is 6.42 Å². The minimum Gasteiger partial charge on any atom is -0.394 e. The van der Waals surface area contributed by atoms with Gasteiger partial charge in [-0.3, -0.25) is 15.0 Å². The van der Waals surface area contributed by atoms with Crippen LogP contribution in [-0.4, -0.2) is 66.4 Å². The zero-order chi connectivity index (χ0) is 15.2. The molecule has 0 bridgehead atoms. The minimum absolute atomic E-state index is 0.0848. The van der Waals surface area contributed by atoms with E-state index in [2.05, 4.69) is 10.6 Å². The molecule has 0 aromatic heterocycles. The molecule has 0 aromatic rings. The van der Waals surface area contributed by atoms with Gasteiger partial charge in [-0.15, -0.1) is 0 Å². The van der Waals surface area contributed by atoms with Gasteiger partial charge in [-0.1, -0.05) is 6.92 Å². The Balaban J connectivity index is 2.42. The lowest BCUT2D eigenvalue weighted by Crippen LogP contribution is -2.56. The van der Waals surface area contributed by atoms with Crippen LogP contribution in [0.1, 0.15) is 27.2 Å². The molecule has 3 amide bonds. The van der Waals surface area contributed by atoms with Gasteiger partial charge in [-0.25, -0.2) is 4.79 Å². The van der Waals surface area contributed by atoms with Crippen molar-refractivity contribution in [2.24, 2.45) is 0 Å². The molecule has 0 aliphatic carbocycles. The summed E-state index contributed by atoms with van der Waals surface area (Å²) in [5, 5.41) is 14.1. The summed E-state index contributed by atoms with van der Waals surface area (Å²) in [5.74, 6) is -0.354. The third-order valence-electron chi connectivity index (χ3n) is 2.91. The number of hydrogen-bond donors (Lipinski definition) is 3. The molecule has 3 N–H and O–H groups in total. The number of nitrogens with one attached hydrogen (secondary N) is 2. The van der Waals surface area contributed by atoms with Crippen molar-refractivity contribution in [3.63, 3.8) is 0 Å². The number of ether oxygens (including phenoxy) is 1. The third kappa shape index (κ3) is 5.85. The van der Waals surface area contributed by atoms with Gasteiger partial charge in [-0.05, 0) is 20.3 Å². The maximum Gasteiger partial charge on any atom is 0.321 e. The van der Waals surface area contributed by atoms with Crippen LogP contribution in [-0.2, 0) is 9.53 Å². The van der Waals surface area contributed by atoms with Crippen molar-refractivity contribution in [2.75, 3.05) is 32.8 Å². The molecule has 1 rings (SSSR count). The molecule has 1 heterocycles. The van der Waals surface area contributed by atoms with Crippen molar-refractivity contribution in [1.82, 2.24) is 15.5 Å². The van der Waals surface area contributed by atoms with Crippen molar-refractivity contribution in [3.8, 4) is 0 Å². The fourth-order valence-corrected chi connectivity index (χ4v) is 2.28. The molecule has 20 heavy (non-hydrogen) atoms. The molecule has 1 aliphatic heterocycles. The van der Waals surface area contributed by atoms with Gasteiger partial charge in [0.1, 0.15) is 0 Å². The first kappa shape index (κ1) is 16.9. The average Bonchev–Trinajstić information content (AvgIpc) is 2.33. The first-order valence-electron chi connectivity index (χ1n) is 6.95. The van der Waals surface area contributed by atoms with Crippen molar-refractivity contribution in [1.29, 1.82) is 0 Å². The lowest BCUT2D eigenvalue weighted by molar-refractivity contribution is -0.152. The second-order valence-corrected chi connectivity index (χ2v) is 5.66. The molecule has 0 aromatic carbocycles. The standard InChI is InChI=1S/C13H25N3O4/c1-4-5-14-12(19)15-11(18)7-16-6-10(8-17)20-13(2,3)9-16/h10,17H,4-9H2,1-3H3,(H2,14,15,18,19). The van der Waals surface area contributed by atoms with E-state index < -0.39 is 11.6 Å². The highest BCUT2D eigenvalue weighted by molar-refractivity contribution is 5.95. The van der Waals surface area contributed by atoms with Crippen LogP contribution in [0.25, 0.3) is 0 Å². The number of carbonyl (C=O) groups is 2. The maximum atomic E-state index is 11.8. The molecule has 1 saturated heterocycles. The molecule has 116 valence electrons.